The summed E-state index contributed by atoms with van der Waals surface area (Å²) in [6.45, 7) is 8.90. The van der Waals surface area contributed by atoms with Gasteiger partial charge in [-0.05, 0) is 17.5 Å². The average molecular weight is 778 g/mol. The number of carboxylic acid groups (broad SMARTS) is 3. The maximum atomic E-state index is 13.2. The van der Waals surface area contributed by atoms with E-state index in [9.17, 15) is 48.9 Å². The molecule has 18 heteroatoms. The monoisotopic (exact) mass is 777 g/mol. The minimum absolute atomic E-state index is 0.0121. The van der Waals surface area contributed by atoms with Crippen LogP contribution in [0.3, 0.4) is 0 Å². The van der Waals surface area contributed by atoms with Crippen LogP contribution in [0.4, 0.5) is 0 Å². The van der Waals surface area contributed by atoms with Crippen LogP contribution >= 0.6 is 0 Å². The summed E-state index contributed by atoms with van der Waals surface area (Å²) in [5.74, 6) is -4.05. The van der Waals surface area contributed by atoms with E-state index in [1.807, 2.05) is 52.0 Å². The predicted molar refractivity (Wildman–Crippen MR) is 201 cm³/mol. The molecule has 1 saturated heterocycles. The molecule has 18 nitrogen and oxygen atoms in total. The highest BCUT2D eigenvalue weighted by Crippen LogP contribution is 2.12. The van der Waals surface area contributed by atoms with Crippen LogP contribution in [-0.4, -0.2) is 174 Å². The highest BCUT2D eigenvalue weighted by molar-refractivity contribution is 5.86. The normalized spacial score (nSPS) is 16.7. The van der Waals surface area contributed by atoms with Crippen molar-refractivity contribution in [2.75, 3.05) is 78.5 Å². The molecule has 0 saturated carbocycles. The predicted octanol–water partition coefficient (Wildman–Crippen LogP) is -0.692. The summed E-state index contributed by atoms with van der Waals surface area (Å²) in [6, 6.07) is 7.41. The van der Waals surface area contributed by atoms with Crippen molar-refractivity contribution in [1.82, 2.24) is 35.6 Å². The molecular weight excluding hydrogens is 718 g/mol. The Labute approximate surface area is 322 Å². The lowest BCUT2D eigenvalue weighted by atomic mass is 9.94. The lowest BCUT2D eigenvalue weighted by Crippen LogP contribution is -2.50. The molecule has 1 aromatic rings. The molecule has 1 aliphatic rings. The van der Waals surface area contributed by atoms with Gasteiger partial charge in [0.05, 0.1) is 32.2 Å². The first kappa shape index (κ1) is 46.7. The van der Waals surface area contributed by atoms with Crippen LogP contribution in [0.5, 0.6) is 0 Å². The van der Waals surface area contributed by atoms with E-state index in [2.05, 4.69) is 16.0 Å². The van der Waals surface area contributed by atoms with E-state index in [0.717, 1.165) is 11.1 Å². The SMILES string of the molecule is CC(C)N[C@@H](Cc1cccc(CNC(=O)CC[C@H](NC(=O)CN2CCN(CC(=O)O)CCN(CC(=O)O)CCN(CC(=O)O)CC2)OC=O)c1)C(=O)C(C)C. The average Bonchev–Trinajstić information content (AvgIpc) is 3.09. The number of ether oxygens (including phenoxy) is 1. The molecule has 0 aromatic heterocycles. The summed E-state index contributed by atoms with van der Waals surface area (Å²) in [5.41, 5.74) is 1.79. The van der Waals surface area contributed by atoms with E-state index in [0.29, 0.717) is 6.42 Å². The number of Topliss-reactive ketones (excluding diaryl/α,β-unsaturated/α-hetero) is 1. The molecule has 2 atom stereocenters. The molecule has 0 radical (unpaired) electrons. The zero-order valence-corrected chi connectivity index (χ0v) is 32.4. The van der Waals surface area contributed by atoms with E-state index >= 15 is 0 Å². The fourth-order valence-electron chi connectivity index (χ4n) is 6.15. The molecule has 2 rings (SSSR count). The van der Waals surface area contributed by atoms with Gasteiger partial charge in [-0.25, -0.2) is 0 Å². The van der Waals surface area contributed by atoms with E-state index in [1.165, 1.54) is 0 Å². The molecule has 1 aromatic carbocycles. The standard InChI is InChI=1S/C37H59N7O11/c1-26(2)37(54)30(39-27(3)4)19-28-6-5-7-29(18-28)20-38-31(46)8-9-33(55-25-45)40-32(47)21-41-10-12-42(22-34(48)49)14-16-44(24-36(52)53)17-15-43(13-11-41)23-35(50)51/h5-7,18,25-27,30,33,39H,8-17,19-24H2,1-4H3,(H,38,46)(H,40,47)(H,48,49)(H,50,51)(H,52,53)/t30-,33+/m0/s1. The van der Waals surface area contributed by atoms with Gasteiger partial charge < -0.3 is 36.0 Å². The van der Waals surface area contributed by atoms with Crippen LogP contribution in [0.15, 0.2) is 24.3 Å². The van der Waals surface area contributed by atoms with Gasteiger partial charge in [0.2, 0.25) is 11.8 Å². The summed E-state index contributed by atoms with van der Waals surface area (Å²) in [4.78, 5) is 91.2. The molecule has 1 heterocycles. The van der Waals surface area contributed by atoms with Gasteiger partial charge in [0, 0.05) is 83.7 Å². The number of hydrogen-bond acceptors (Lipinski definition) is 13. The molecular formula is C37H59N7O11. The lowest BCUT2D eigenvalue weighted by Gasteiger charge is -2.33. The molecule has 0 aliphatic carbocycles. The van der Waals surface area contributed by atoms with Gasteiger partial charge in [0.1, 0.15) is 0 Å². The number of aliphatic carboxylic acids is 3. The third kappa shape index (κ3) is 20.1. The Bertz CT molecular complexity index is 1400. The number of rotatable bonds is 22. The number of nitrogens with one attached hydrogen (secondary N) is 3. The van der Waals surface area contributed by atoms with Crippen molar-refractivity contribution in [1.29, 1.82) is 0 Å². The third-order valence-corrected chi connectivity index (χ3v) is 8.92. The third-order valence-electron chi connectivity index (χ3n) is 8.92. The minimum Gasteiger partial charge on any atom is -0.480 e. The second-order valence-electron chi connectivity index (χ2n) is 14.3. The van der Waals surface area contributed by atoms with Crippen molar-refractivity contribution in [3.8, 4) is 0 Å². The van der Waals surface area contributed by atoms with Crippen molar-refractivity contribution in [3.63, 3.8) is 0 Å². The minimum atomic E-state index is -1.11. The van der Waals surface area contributed by atoms with Crippen LogP contribution in [0.25, 0.3) is 0 Å². The van der Waals surface area contributed by atoms with Crippen LogP contribution in [0, 0.1) is 5.92 Å². The van der Waals surface area contributed by atoms with E-state index in [4.69, 9.17) is 4.74 Å². The number of hydrogen-bond donors (Lipinski definition) is 6. The molecule has 0 unspecified atom stereocenters. The highest BCUT2D eigenvalue weighted by atomic mass is 16.5. The topological polar surface area (TPSA) is 238 Å². The number of ketones is 1. The van der Waals surface area contributed by atoms with Gasteiger partial charge in [0.15, 0.2) is 12.0 Å². The molecule has 308 valence electrons. The van der Waals surface area contributed by atoms with Crippen molar-refractivity contribution in [2.45, 2.75) is 71.8 Å². The van der Waals surface area contributed by atoms with E-state index in [1.54, 1.807) is 19.6 Å². The molecule has 0 spiro atoms. The van der Waals surface area contributed by atoms with Gasteiger partial charge in [-0.2, -0.15) is 0 Å². The number of carbonyl (C=O) groups is 7. The fourth-order valence-corrected chi connectivity index (χ4v) is 6.15. The van der Waals surface area contributed by atoms with E-state index < -0.39 is 30.0 Å². The number of amides is 2. The zero-order chi connectivity index (χ0) is 40.9. The van der Waals surface area contributed by atoms with Gasteiger partial charge in [0.25, 0.3) is 6.47 Å². The highest BCUT2D eigenvalue weighted by Gasteiger charge is 2.24. The Morgan fingerprint density at radius 3 is 1.64 bits per heavy atom. The molecule has 55 heavy (non-hydrogen) atoms. The largest absolute Gasteiger partial charge is 0.480 e. The van der Waals surface area contributed by atoms with Gasteiger partial charge >= 0.3 is 17.9 Å². The Morgan fingerprint density at radius 1 is 0.727 bits per heavy atom. The van der Waals surface area contributed by atoms with Crippen LogP contribution < -0.4 is 16.0 Å². The Morgan fingerprint density at radius 2 is 1.20 bits per heavy atom. The van der Waals surface area contributed by atoms with Crippen molar-refractivity contribution in [3.05, 3.63) is 35.4 Å². The number of carbonyl (C=O) groups excluding carboxylic acids is 4. The maximum absolute atomic E-state index is 13.2. The Hall–Kier alpha value is -4.49. The van der Waals surface area contributed by atoms with Crippen molar-refractivity contribution in [2.24, 2.45) is 5.92 Å². The first-order valence-electron chi connectivity index (χ1n) is 18.6. The van der Waals surface area contributed by atoms with Gasteiger partial charge in [-0.1, -0.05) is 52.0 Å². The van der Waals surface area contributed by atoms with Crippen LogP contribution in [0.2, 0.25) is 0 Å². The zero-order valence-electron chi connectivity index (χ0n) is 32.4. The maximum Gasteiger partial charge on any atom is 0.317 e. The number of nitrogens with zero attached hydrogens (tertiary/aromatic N) is 4. The summed E-state index contributed by atoms with van der Waals surface area (Å²) in [7, 11) is 0. The molecule has 1 fully saturated rings. The first-order chi connectivity index (χ1) is 26.0. The summed E-state index contributed by atoms with van der Waals surface area (Å²) < 4.78 is 5.06. The Kier molecular flexibility index (Phi) is 21.1. The lowest BCUT2D eigenvalue weighted by molar-refractivity contribution is -0.141. The number of benzene rings is 1. The molecule has 6 N–H and O–H groups in total. The summed E-state index contributed by atoms with van der Waals surface area (Å²) >= 11 is 0. The Balaban J connectivity index is 2.01. The summed E-state index contributed by atoms with van der Waals surface area (Å²) in [5, 5.41) is 37.0. The molecule has 0 bridgehead atoms. The van der Waals surface area contributed by atoms with E-state index in [-0.39, 0.29) is 134 Å². The van der Waals surface area contributed by atoms with Crippen molar-refractivity contribution >= 4 is 42.0 Å². The number of carboxylic acids is 3. The first-order valence-corrected chi connectivity index (χ1v) is 18.6. The van der Waals surface area contributed by atoms with Gasteiger partial charge in [-0.3, -0.25) is 53.2 Å². The summed E-state index contributed by atoms with van der Waals surface area (Å²) in [6.07, 6.45) is -0.684. The quantitative estimate of drug-likeness (QED) is 0.0631. The van der Waals surface area contributed by atoms with Gasteiger partial charge in [-0.15, -0.1) is 0 Å². The molecule has 1 aliphatic heterocycles. The second kappa shape index (κ2) is 24.8. The second-order valence-corrected chi connectivity index (χ2v) is 14.3. The smallest absolute Gasteiger partial charge is 0.317 e. The van der Waals surface area contributed by atoms with Crippen LogP contribution in [0.1, 0.15) is 51.7 Å². The molecule has 2 amide bonds. The fraction of sp³-hybridized carbons (Fsp3) is 0.649. The van der Waals surface area contributed by atoms with Crippen molar-refractivity contribution < 1.29 is 53.6 Å². The van der Waals surface area contributed by atoms with Crippen LogP contribution in [-0.2, 0) is 51.3 Å².